The summed E-state index contributed by atoms with van der Waals surface area (Å²) in [5.74, 6) is 0. The van der Waals surface area contributed by atoms with Gasteiger partial charge in [-0.1, -0.05) is 12.1 Å². The van der Waals surface area contributed by atoms with Crippen LogP contribution in [0.5, 0.6) is 0 Å². The summed E-state index contributed by atoms with van der Waals surface area (Å²) in [5.41, 5.74) is 13.7. The molecule has 0 bridgehead atoms. The van der Waals surface area contributed by atoms with Crippen LogP contribution in [0.2, 0.25) is 0 Å². The van der Waals surface area contributed by atoms with Gasteiger partial charge in [0, 0.05) is 18.0 Å². The molecule has 146 valence electrons. The first kappa shape index (κ1) is 18.2. The highest BCUT2D eigenvalue weighted by Gasteiger charge is 2.21. The number of hydrogen-bond acceptors (Lipinski definition) is 7. The van der Waals surface area contributed by atoms with Gasteiger partial charge in [0.2, 0.25) is 0 Å². The lowest BCUT2D eigenvalue weighted by Gasteiger charge is -2.22. The van der Waals surface area contributed by atoms with Crippen LogP contribution in [0.1, 0.15) is 11.3 Å². The third-order valence-corrected chi connectivity index (χ3v) is 5.71. The molecule has 1 aliphatic heterocycles. The van der Waals surface area contributed by atoms with Crippen molar-refractivity contribution >= 4 is 28.4 Å². The molecule has 1 aliphatic rings. The van der Waals surface area contributed by atoms with E-state index < -0.39 is 0 Å². The maximum Gasteiger partial charge on any atom is 0.114 e. The van der Waals surface area contributed by atoms with Crippen molar-refractivity contribution < 1.29 is 0 Å². The zero-order valence-electron chi connectivity index (χ0n) is 16.0. The summed E-state index contributed by atoms with van der Waals surface area (Å²) in [6.45, 7) is 0. The number of aromatic nitrogens is 3. The standard InChI is InChI=1S/C23H18N6S/c24-17-5-7-19(18-3-1-2-9-27-18)29-23(17)22(25)20-6-4-15-16(14-8-10-30-13-14)11-26-12-21(15)28-20/h1-3,5-13,25,28H,4,24H2. The molecule has 5 rings (SSSR count). The van der Waals surface area contributed by atoms with Crippen molar-refractivity contribution in [1.29, 1.82) is 5.41 Å². The average Bonchev–Trinajstić information content (AvgIpc) is 3.33. The van der Waals surface area contributed by atoms with Crippen LogP contribution in [0.4, 0.5) is 11.4 Å². The molecule has 5 heterocycles. The van der Waals surface area contributed by atoms with Crippen LogP contribution in [0.15, 0.2) is 77.5 Å². The van der Waals surface area contributed by atoms with Crippen molar-refractivity contribution in [1.82, 2.24) is 15.0 Å². The van der Waals surface area contributed by atoms with E-state index in [1.54, 1.807) is 29.8 Å². The van der Waals surface area contributed by atoms with Gasteiger partial charge in [0.25, 0.3) is 0 Å². The Morgan fingerprint density at radius 2 is 2.03 bits per heavy atom. The number of fused-ring (bicyclic) bond motifs is 1. The fourth-order valence-corrected chi connectivity index (χ4v) is 4.16. The van der Waals surface area contributed by atoms with E-state index in [1.165, 1.54) is 5.56 Å². The van der Waals surface area contributed by atoms with Crippen LogP contribution < -0.4 is 11.1 Å². The van der Waals surface area contributed by atoms with Gasteiger partial charge in [0.1, 0.15) is 11.4 Å². The summed E-state index contributed by atoms with van der Waals surface area (Å²) < 4.78 is 0. The predicted molar refractivity (Wildman–Crippen MR) is 122 cm³/mol. The second-order valence-corrected chi connectivity index (χ2v) is 7.68. The predicted octanol–water partition coefficient (Wildman–Crippen LogP) is 4.77. The van der Waals surface area contributed by atoms with Gasteiger partial charge in [-0.05, 0) is 58.6 Å². The minimum Gasteiger partial charge on any atom is -0.397 e. The van der Waals surface area contributed by atoms with E-state index in [9.17, 15) is 0 Å². The molecule has 0 fully saturated rings. The SMILES string of the molecule is N=C(C1=CCc2c(cncc2-c2ccsc2)N1)c1nc(-c2ccccn2)ccc1N. The van der Waals surface area contributed by atoms with Crippen LogP contribution >= 0.6 is 11.3 Å². The highest BCUT2D eigenvalue weighted by atomic mass is 32.1. The van der Waals surface area contributed by atoms with Gasteiger partial charge < -0.3 is 11.1 Å². The Bertz CT molecular complexity index is 1260. The molecular formula is C23H18N6S. The Morgan fingerprint density at radius 3 is 2.83 bits per heavy atom. The maximum atomic E-state index is 8.75. The van der Waals surface area contributed by atoms with E-state index in [0.717, 1.165) is 22.5 Å². The molecule has 0 saturated carbocycles. The first-order valence-electron chi connectivity index (χ1n) is 9.44. The number of thiophene rings is 1. The summed E-state index contributed by atoms with van der Waals surface area (Å²) in [4.78, 5) is 13.4. The van der Waals surface area contributed by atoms with Gasteiger partial charge in [-0.2, -0.15) is 11.3 Å². The smallest absolute Gasteiger partial charge is 0.114 e. The number of hydrogen-bond donors (Lipinski definition) is 3. The monoisotopic (exact) mass is 410 g/mol. The first-order chi connectivity index (χ1) is 14.7. The average molecular weight is 411 g/mol. The number of allylic oxidation sites excluding steroid dienone is 2. The Morgan fingerprint density at radius 1 is 1.10 bits per heavy atom. The molecule has 0 aliphatic carbocycles. The molecular weight excluding hydrogens is 392 g/mol. The molecule has 0 aromatic carbocycles. The number of rotatable bonds is 4. The van der Waals surface area contributed by atoms with Gasteiger partial charge in [0.15, 0.2) is 0 Å². The van der Waals surface area contributed by atoms with Crippen LogP contribution in [-0.4, -0.2) is 20.7 Å². The number of anilines is 2. The molecule has 0 atom stereocenters. The number of pyridine rings is 3. The zero-order valence-corrected chi connectivity index (χ0v) is 16.8. The van der Waals surface area contributed by atoms with Crippen molar-refractivity contribution in [2.75, 3.05) is 11.1 Å². The van der Waals surface area contributed by atoms with E-state index in [0.29, 0.717) is 29.2 Å². The minimum atomic E-state index is 0.247. The third-order valence-electron chi connectivity index (χ3n) is 5.03. The molecule has 7 heteroatoms. The van der Waals surface area contributed by atoms with Crippen molar-refractivity contribution in [2.45, 2.75) is 6.42 Å². The molecule has 0 spiro atoms. The largest absolute Gasteiger partial charge is 0.397 e. The van der Waals surface area contributed by atoms with Gasteiger partial charge in [-0.15, -0.1) is 0 Å². The van der Waals surface area contributed by atoms with E-state index >= 15 is 0 Å². The van der Waals surface area contributed by atoms with Crippen molar-refractivity contribution in [3.8, 4) is 22.5 Å². The fourth-order valence-electron chi connectivity index (χ4n) is 3.50. The van der Waals surface area contributed by atoms with Gasteiger partial charge in [0.05, 0.1) is 34.7 Å². The molecule has 4 aromatic heterocycles. The van der Waals surface area contributed by atoms with E-state index in [-0.39, 0.29) is 5.71 Å². The number of nitrogens with two attached hydrogens (primary N) is 1. The van der Waals surface area contributed by atoms with Crippen molar-refractivity contribution in [2.24, 2.45) is 0 Å². The minimum absolute atomic E-state index is 0.247. The molecule has 4 N–H and O–H groups in total. The highest BCUT2D eigenvalue weighted by molar-refractivity contribution is 7.08. The van der Waals surface area contributed by atoms with Crippen LogP contribution in [0, 0.1) is 5.41 Å². The van der Waals surface area contributed by atoms with Crippen molar-refractivity contribution in [3.05, 3.63) is 88.8 Å². The molecule has 4 aromatic rings. The van der Waals surface area contributed by atoms with Crippen molar-refractivity contribution in [3.63, 3.8) is 0 Å². The Balaban J connectivity index is 1.47. The quantitative estimate of drug-likeness (QED) is 0.421. The maximum absolute atomic E-state index is 8.75. The first-order valence-corrected chi connectivity index (χ1v) is 10.4. The van der Waals surface area contributed by atoms with Crippen LogP contribution in [-0.2, 0) is 6.42 Å². The molecule has 6 nitrogen and oxygen atoms in total. The molecule has 0 unspecified atom stereocenters. The summed E-state index contributed by atoms with van der Waals surface area (Å²) in [7, 11) is 0. The second kappa shape index (κ2) is 7.53. The molecule has 0 radical (unpaired) electrons. The Labute approximate surface area is 177 Å². The van der Waals surface area contributed by atoms with E-state index in [4.69, 9.17) is 11.1 Å². The van der Waals surface area contributed by atoms with E-state index in [1.807, 2.05) is 36.5 Å². The van der Waals surface area contributed by atoms with Gasteiger partial charge in [-0.3, -0.25) is 15.4 Å². The summed E-state index contributed by atoms with van der Waals surface area (Å²) >= 11 is 1.66. The Kier molecular flexibility index (Phi) is 4.57. The molecule has 0 amide bonds. The van der Waals surface area contributed by atoms with Gasteiger partial charge in [-0.25, -0.2) is 4.98 Å². The zero-order chi connectivity index (χ0) is 20.5. The number of nitrogens with zero attached hydrogens (tertiary/aromatic N) is 3. The van der Waals surface area contributed by atoms with E-state index in [2.05, 4.69) is 37.1 Å². The van der Waals surface area contributed by atoms with Crippen LogP contribution in [0.25, 0.3) is 22.5 Å². The molecule has 30 heavy (non-hydrogen) atoms. The number of nitrogens with one attached hydrogen (secondary N) is 2. The lowest BCUT2D eigenvalue weighted by Crippen LogP contribution is -2.19. The normalized spacial score (nSPS) is 12.6. The Hall–Kier alpha value is -3.84. The fraction of sp³-hybridized carbons (Fsp3) is 0.0435. The van der Waals surface area contributed by atoms with Gasteiger partial charge >= 0.3 is 0 Å². The summed E-state index contributed by atoms with van der Waals surface area (Å²) in [5, 5.41) is 16.3. The number of nitrogen functional groups attached to an aromatic ring is 1. The molecule has 0 saturated heterocycles. The highest BCUT2D eigenvalue weighted by Crippen LogP contribution is 2.34. The second-order valence-electron chi connectivity index (χ2n) is 6.90. The third kappa shape index (κ3) is 3.25. The summed E-state index contributed by atoms with van der Waals surface area (Å²) in [6, 6.07) is 11.3. The topological polar surface area (TPSA) is 101 Å². The lowest BCUT2D eigenvalue weighted by atomic mass is 9.96. The lowest BCUT2D eigenvalue weighted by molar-refractivity contribution is 1.15. The van der Waals surface area contributed by atoms with Crippen LogP contribution in [0.3, 0.4) is 0 Å². The summed E-state index contributed by atoms with van der Waals surface area (Å²) in [6.07, 6.45) is 8.12.